The molecule has 3 aliphatic rings. The SMILES string of the molecule is NC(=O)C12CC(O)(C1)C2. The van der Waals surface area contributed by atoms with Crippen molar-refractivity contribution >= 4 is 5.91 Å². The lowest BCUT2D eigenvalue weighted by Gasteiger charge is -2.65. The van der Waals surface area contributed by atoms with Crippen LogP contribution in [0.25, 0.3) is 0 Å². The van der Waals surface area contributed by atoms with Crippen LogP contribution in [0, 0.1) is 5.41 Å². The van der Waals surface area contributed by atoms with Gasteiger partial charge in [0.1, 0.15) is 0 Å². The topological polar surface area (TPSA) is 63.3 Å². The summed E-state index contributed by atoms with van der Waals surface area (Å²) in [5, 5.41) is 9.19. The van der Waals surface area contributed by atoms with Crippen LogP contribution in [0.5, 0.6) is 0 Å². The Labute approximate surface area is 52.8 Å². The summed E-state index contributed by atoms with van der Waals surface area (Å²) in [5.74, 6) is -0.238. The highest BCUT2D eigenvalue weighted by atomic mass is 16.3. The Morgan fingerprint density at radius 1 is 1.44 bits per heavy atom. The monoisotopic (exact) mass is 127 g/mol. The molecule has 0 aromatic carbocycles. The van der Waals surface area contributed by atoms with Gasteiger partial charge in [-0.25, -0.2) is 0 Å². The van der Waals surface area contributed by atoms with E-state index >= 15 is 0 Å². The molecule has 0 radical (unpaired) electrons. The maximum absolute atomic E-state index is 10.6. The molecule has 0 spiro atoms. The zero-order valence-corrected chi connectivity index (χ0v) is 5.05. The Balaban J connectivity index is 2.13. The van der Waals surface area contributed by atoms with Gasteiger partial charge in [-0.2, -0.15) is 0 Å². The maximum atomic E-state index is 10.6. The molecular weight excluding hydrogens is 118 g/mol. The quantitative estimate of drug-likeness (QED) is 0.493. The maximum Gasteiger partial charge on any atom is 0.223 e. The van der Waals surface area contributed by atoms with Crippen LogP contribution >= 0.6 is 0 Å². The highest BCUT2D eigenvalue weighted by molar-refractivity contribution is 5.85. The fourth-order valence-electron chi connectivity index (χ4n) is 2.00. The number of carbonyl (C=O) groups is 1. The molecular formula is C6H9NO2. The number of aliphatic hydroxyl groups is 1. The van der Waals surface area contributed by atoms with Crippen LogP contribution in [0.4, 0.5) is 0 Å². The minimum absolute atomic E-state index is 0.238. The summed E-state index contributed by atoms with van der Waals surface area (Å²) in [6.45, 7) is 0. The molecule has 0 aliphatic heterocycles. The van der Waals surface area contributed by atoms with E-state index in [0.717, 1.165) is 0 Å². The second kappa shape index (κ2) is 1.01. The molecule has 0 heterocycles. The van der Waals surface area contributed by atoms with E-state index in [0.29, 0.717) is 19.3 Å². The van der Waals surface area contributed by atoms with Gasteiger partial charge in [-0.1, -0.05) is 0 Å². The molecule has 0 atom stereocenters. The second-order valence-electron chi connectivity index (χ2n) is 3.40. The van der Waals surface area contributed by atoms with Crippen molar-refractivity contribution in [3.63, 3.8) is 0 Å². The molecule has 3 rings (SSSR count). The van der Waals surface area contributed by atoms with E-state index in [2.05, 4.69) is 0 Å². The molecule has 0 aromatic heterocycles. The van der Waals surface area contributed by atoms with E-state index in [9.17, 15) is 9.90 Å². The van der Waals surface area contributed by atoms with E-state index in [-0.39, 0.29) is 11.3 Å². The molecule has 3 saturated carbocycles. The summed E-state index contributed by atoms with van der Waals surface area (Å²) in [4.78, 5) is 10.6. The van der Waals surface area contributed by atoms with Gasteiger partial charge in [-0.3, -0.25) is 4.79 Å². The number of nitrogens with two attached hydrogens (primary N) is 1. The standard InChI is InChI=1S/C6H9NO2/c7-4(8)5-1-6(9,2-5)3-5/h9H,1-3H2,(H2,7,8). The Bertz CT molecular complexity index is 168. The minimum Gasteiger partial charge on any atom is -0.390 e. The third-order valence-electron chi connectivity index (χ3n) is 2.53. The number of primary amides is 1. The second-order valence-corrected chi connectivity index (χ2v) is 3.40. The van der Waals surface area contributed by atoms with Crippen LogP contribution in [-0.2, 0) is 4.79 Å². The molecule has 0 saturated heterocycles. The van der Waals surface area contributed by atoms with Gasteiger partial charge in [0.25, 0.3) is 0 Å². The first-order valence-corrected chi connectivity index (χ1v) is 3.09. The van der Waals surface area contributed by atoms with Crippen molar-refractivity contribution in [2.75, 3.05) is 0 Å². The molecule has 3 N–H and O–H groups in total. The third kappa shape index (κ3) is 0.399. The summed E-state index contributed by atoms with van der Waals surface area (Å²) >= 11 is 0. The zero-order valence-electron chi connectivity index (χ0n) is 5.05. The summed E-state index contributed by atoms with van der Waals surface area (Å²) < 4.78 is 0. The van der Waals surface area contributed by atoms with Crippen LogP contribution in [-0.4, -0.2) is 16.6 Å². The lowest BCUT2D eigenvalue weighted by atomic mass is 9.41. The van der Waals surface area contributed by atoms with Crippen molar-refractivity contribution in [1.82, 2.24) is 0 Å². The molecule has 50 valence electrons. The van der Waals surface area contributed by atoms with Crippen LogP contribution in [0.2, 0.25) is 0 Å². The van der Waals surface area contributed by atoms with Gasteiger partial charge >= 0.3 is 0 Å². The lowest BCUT2D eigenvalue weighted by molar-refractivity contribution is -0.248. The molecule has 0 aromatic rings. The molecule has 3 nitrogen and oxygen atoms in total. The van der Waals surface area contributed by atoms with Crippen LogP contribution < -0.4 is 5.73 Å². The fraction of sp³-hybridized carbons (Fsp3) is 0.833. The predicted octanol–water partition coefficient (Wildman–Crippen LogP) is -0.613. The van der Waals surface area contributed by atoms with E-state index < -0.39 is 5.60 Å². The van der Waals surface area contributed by atoms with Crippen molar-refractivity contribution in [3.8, 4) is 0 Å². The zero-order chi connectivity index (χ0) is 6.70. The molecule has 9 heavy (non-hydrogen) atoms. The van der Waals surface area contributed by atoms with Crippen molar-refractivity contribution < 1.29 is 9.90 Å². The third-order valence-corrected chi connectivity index (χ3v) is 2.53. The van der Waals surface area contributed by atoms with Gasteiger partial charge in [0, 0.05) is 0 Å². The van der Waals surface area contributed by atoms with Gasteiger partial charge in [0.2, 0.25) is 5.91 Å². The number of amides is 1. The number of rotatable bonds is 1. The van der Waals surface area contributed by atoms with Gasteiger partial charge in [0.15, 0.2) is 0 Å². The summed E-state index contributed by atoms with van der Waals surface area (Å²) in [7, 11) is 0. The summed E-state index contributed by atoms with van der Waals surface area (Å²) in [5.41, 5.74) is 4.30. The molecule has 3 heteroatoms. The van der Waals surface area contributed by atoms with E-state index in [1.165, 1.54) is 0 Å². The Kier molecular flexibility index (Phi) is 0.588. The number of hydrogen-bond donors (Lipinski definition) is 2. The molecule has 3 fully saturated rings. The Hall–Kier alpha value is -0.570. The molecule has 2 bridgehead atoms. The molecule has 0 unspecified atom stereocenters. The smallest absolute Gasteiger partial charge is 0.223 e. The fourth-order valence-corrected chi connectivity index (χ4v) is 2.00. The predicted molar refractivity (Wildman–Crippen MR) is 30.4 cm³/mol. The van der Waals surface area contributed by atoms with Crippen molar-refractivity contribution in [2.45, 2.75) is 24.9 Å². The summed E-state index contributed by atoms with van der Waals surface area (Å²) in [6.07, 6.45) is 1.82. The van der Waals surface area contributed by atoms with Gasteiger partial charge in [-0.05, 0) is 19.3 Å². The van der Waals surface area contributed by atoms with Crippen molar-refractivity contribution in [2.24, 2.45) is 11.1 Å². The van der Waals surface area contributed by atoms with Gasteiger partial charge in [0.05, 0.1) is 11.0 Å². The number of hydrogen-bond acceptors (Lipinski definition) is 2. The lowest BCUT2D eigenvalue weighted by Crippen LogP contribution is -2.71. The first kappa shape index (κ1) is 5.23. The first-order valence-electron chi connectivity index (χ1n) is 3.09. The van der Waals surface area contributed by atoms with E-state index in [1.807, 2.05) is 0 Å². The van der Waals surface area contributed by atoms with Crippen molar-refractivity contribution in [3.05, 3.63) is 0 Å². The van der Waals surface area contributed by atoms with E-state index in [4.69, 9.17) is 5.73 Å². The van der Waals surface area contributed by atoms with Crippen molar-refractivity contribution in [1.29, 1.82) is 0 Å². The van der Waals surface area contributed by atoms with Crippen LogP contribution in [0.1, 0.15) is 19.3 Å². The Morgan fingerprint density at radius 3 is 2.00 bits per heavy atom. The molecule has 3 aliphatic carbocycles. The normalized spacial score (nSPS) is 53.4. The van der Waals surface area contributed by atoms with E-state index in [1.54, 1.807) is 0 Å². The number of carbonyl (C=O) groups excluding carboxylic acids is 1. The largest absolute Gasteiger partial charge is 0.390 e. The van der Waals surface area contributed by atoms with Gasteiger partial charge < -0.3 is 10.8 Å². The van der Waals surface area contributed by atoms with Crippen LogP contribution in [0.3, 0.4) is 0 Å². The van der Waals surface area contributed by atoms with Crippen LogP contribution in [0.15, 0.2) is 0 Å². The average molecular weight is 127 g/mol. The Morgan fingerprint density at radius 2 is 1.89 bits per heavy atom. The highest BCUT2D eigenvalue weighted by Crippen LogP contribution is 2.66. The first-order chi connectivity index (χ1) is 4.06. The molecule has 1 amide bonds. The average Bonchev–Trinajstić information content (AvgIpc) is 1.54. The highest BCUT2D eigenvalue weighted by Gasteiger charge is 2.70. The minimum atomic E-state index is -0.491. The van der Waals surface area contributed by atoms with Gasteiger partial charge in [-0.15, -0.1) is 0 Å². The summed E-state index contributed by atoms with van der Waals surface area (Å²) in [6, 6.07) is 0.